The Morgan fingerprint density at radius 2 is 0.897 bits per heavy atom. The summed E-state index contributed by atoms with van der Waals surface area (Å²) >= 11 is 0.620. The maximum Gasteiger partial charge on any atom is 0.460 e. The summed E-state index contributed by atoms with van der Waals surface area (Å²) in [7, 11) is 3.67. The van der Waals surface area contributed by atoms with Crippen LogP contribution in [0.1, 0.15) is 77.6 Å². The second-order valence-electron chi connectivity index (χ2n) is 10.4. The fourth-order valence-electron chi connectivity index (χ4n) is 3.71. The zero-order valence-corrected chi connectivity index (χ0v) is 23.2. The Balaban J connectivity index is 4.65. The van der Waals surface area contributed by atoms with Crippen LogP contribution in [0.3, 0.4) is 0 Å². The van der Waals surface area contributed by atoms with Crippen molar-refractivity contribution in [2.45, 2.75) is 113 Å². The third-order valence-corrected chi connectivity index (χ3v) is 7.48. The summed E-state index contributed by atoms with van der Waals surface area (Å²) in [6.45, 7) is 3.24. The third kappa shape index (κ3) is 10.3. The molecule has 0 rings (SSSR count). The Bertz CT molecular complexity index is 694. The van der Waals surface area contributed by atoms with E-state index < -0.39 is 48.0 Å². The van der Waals surface area contributed by atoms with Crippen molar-refractivity contribution in [3.63, 3.8) is 0 Å². The number of rotatable bonds is 21. The third-order valence-electron chi connectivity index (χ3n) is 6.52. The lowest BCUT2D eigenvalue weighted by Gasteiger charge is -2.39. The van der Waals surface area contributed by atoms with Crippen LogP contribution in [0.4, 0.5) is 57.1 Å². The van der Waals surface area contributed by atoms with Gasteiger partial charge in [-0.1, -0.05) is 58.3 Å². The van der Waals surface area contributed by atoms with Gasteiger partial charge in [-0.05, 0) is 18.6 Å². The predicted octanol–water partition coefficient (Wildman–Crippen LogP) is 9.85. The molecule has 0 unspecified atom stereocenters. The number of unbranched alkanes of at least 4 members (excludes halogenated alkanes) is 9. The molecule has 0 N–H and O–H groups in total. The van der Waals surface area contributed by atoms with Crippen LogP contribution in [0, 0.1) is 0 Å². The first kappa shape index (κ1) is 38.4. The summed E-state index contributed by atoms with van der Waals surface area (Å²) < 4.78 is 171. The number of quaternary nitrogens is 1. The topological polar surface area (TPSA) is 0 Å². The number of alkyl halides is 13. The Morgan fingerprint density at radius 1 is 0.487 bits per heavy atom. The number of thioether (sulfide) groups is 1. The van der Waals surface area contributed by atoms with Gasteiger partial charge in [0.1, 0.15) is 0 Å². The van der Waals surface area contributed by atoms with Gasteiger partial charge in [0, 0.05) is 12.2 Å². The van der Waals surface area contributed by atoms with Crippen LogP contribution < -0.4 is 0 Å². The van der Waals surface area contributed by atoms with Gasteiger partial charge >= 0.3 is 35.8 Å². The molecular formula is C24H39F13NS+. The van der Waals surface area contributed by atoms with Crippen molar-refractivity contribution >= 4 is 11.8 Å². The van der Waals surface area contributed by atoms with E-state index in [9.17, 15) is 57.1 Å². The first-order chi connectivity index (χ1) is 17.5. The van der Waals surface area contributed by atoms with Crippen molar-refractivity contribution in [2.75, 3.05) is 38.7 Å². The molecule has 0 saturated heterocycles. The average Bonchev–Trinajstić information content (AvgIpc) is 2.78. The number of nitrogens with zero attached hydrogens (tertiary/aromatic N) is 1. The lowest BCUT2D eigenvalue weighted by molar-refractivity contribution is -0.888. The molecule has 15 heteroatoms. The Morgan fingerprint density at radius 3 is 1.33 bits per heavy atom. The Kier molecular flexibility index (Phi) is 14.8. The van der Waals surface area contributed by atoms with E-state index in [0.29, 0.717) is 22.8 Å². The highest BCUT2D eigenvalue weighted by molar-refractivity contribution is 7.99. The molecule has 0 spiro atoms. The van der Waals surface area contributed by atoms with Gasteiger partial charge in [0.2, 0.25) is 0 Å². The summed E-state index contributed by atoms with van der Waals surface area (Å²) in [5, 5.41) is 0. The van der Waals surface area contributed by atoms with Crippen molar-refractivity contribution in [3.8, 4) is 0 Å². The van der Waals surface area contributed by atoms with E-state index in [4.69, 9.17) is 0 Å². The molecule has 0 atom stereocenters. The van der Waals surface area contributed by atoms with Crippen LogP contribution in [0.25, 0.3) is 0 Å². The minimum absolute atomic E-state index is 0.102. The van der Waals surface area contributed by atoms with Crippen LogP contribution >= 0.6 is 11.8 Å². The van der Waals surface area contributed by atoms with Gasteiger partial charge in [0.05, 0.1) is 27.2 Å². The van der Waals surface area contributed by atoms with Crippen LogP contribution in [-0.2, 0) is 0 Å². The van der Waals surface area contributed by atoms with Crippen LogP contribution in [0.2, 0.25) is 0 Å². The molecule has 0 aliphatic rings. The monoisotopic (exact) mass is 620 g/mol. The smallest absolute Gasteiger partial charge is 0.328 e. The van der Waals surface area contributed by atoms with Gasteiger partial charge < -0.3 is 4.48 Å². The van der Waals surface area contributed by atoms with E-state index in [1.54, 1.807) is 0 Å². The Hall–Kier alpha value is -0.600. The Labute approximate surface area is 225 Å². The maximum atomic E-state index is 13.8. The minimum atomic E-state index is -7.84. The summed E-state index contributed by atoms with van der Waals surface area (Å²) in [5.41, 5.74) is 0. The molecule has 1 nitrogen and oxygen atoms in total. The second-order valence-corrected chi connectivity index (χ2v) is 11.7. The fourth-order valence-corrected chi connectivity index (χ4v) is 4.94. The van der Waals surface area contributed by atoms with Gasteiger partial charge in [0.15, 0.2) is 0 Å². The summed E-state index contributed by atoms with van der Waals surface area (Å²) in [6, 6.07) is 0. The van der Waals surface area contributed by atoms with E-state index in [1.807, 2.05) is 14.1 Å². The van der Waals surface area contributed by atoms with Crippen molar-refractivity contribution in [1.82, 2.24) is 0 Å². The minimum Gasteiger partial charge on any atom is -0.328 e. The summed E-state index contributed by atoms with van der Waals surface area (Å²) in [5.74, 6) is -37.3. The molecular weight excluding hydrogens is 581 g/mol. The molecule has 0 aromatic carbocycles. The quantitative estimate of drug-likeness (QED) is 0.0700. The van der Waals surface area contributed by atoms with Crippen molar-refractivity contribution in [3.05, 3.63) is 0 Å². The van der Waals surface area contributed by atoms with Crippen LogP contribution in [0.5, 0.6) is 0 Å². The highest BCUT2D eigenvalue weighted by Crippen LogP contribution is 2.60. The lowest BCUT2D eigenvalue weighted by Crippen LogP contribution is -2.70. The molecule has 236 valence electrons. The van der Waals surface area contributed by atoms with E-state index in [1.165, 1.54) is 32.1 Å². The first-order valence-electron chi connectivity index (χ1n) is 12.9. The standard InChI is InChI=1S/C24H39F13NS/c1-4-5-6-7-8-9-10-11-12-13-15-38(2,3)16-18-39-17-14-19(25,26)20(27,28)21(29,30)22(31,32)23(33,34)24(35,36)37/h4-18H2,1-3H3/q+1. The van der Waals surface area contributed by atoms with E-state index in [2.05, 4.69) is 6.92 Å². The van der Waals surface area contributed by atoms with E-state index in [-0.39, 0.29) is 5.75 Å². The molecule has 0 bridgehead atoms. The highest BCUT2D eigenvalue weighted by Gasteiger charge is 2.90. The summed E-state index contributed by atoms with van der Waals surface area (Å²) in [6.07, 6.45) is 1.76. The molecule has 0 saturated carbocycles. The number of halogens is 13. The predicted molar refractivity (Wildman–Crippen MR) is 126 cm³/mol. The van der Waals surface area contributed by atoms with Gasteiger partial charge in [-0.15, -0.1) is 0 Å². The molecule has 0 amide bonds. The molecule has 0 fully saturated rings. The van der Waals surface area contributed by atoms with Crippen molar-refractivity contribution in [2.24, 2.45) is 0 Å². The normalized spacial score (nSPS) is 14.8. The fraction of sp³-hybridized carbons (Fsp3) is 1.00. The average molecular weight is 621 g/mol. The molecule has 0 aromatic heterocycles. The van der Waals surface area contributed by atoms with E-state index >= 15 is 0 Å². The zero-order valence-electron chi connectivity index (χ0n) is 22.4. The van der Waals surface area contributed by atoms with Crippen molar-refractivity contribution < 1.29 is 61.6 Å². The zero-order chi connectivity index (χ0) is 30.8. The SMILES string of the molecule is CCCCCCCCCCCC[N+](C)(C)CCSCCC(F)(F)C(F)(F)C(F)(F)C(F)(F)C(F)(F)C(F)(F)F. The molecule has 0 aliphatic carbocycles. The number of hydrogen-bond acceptors (Lipinski definition) is 1. The second kappa shape index (κ2) is 15.0. The van der Waals surface area contributed by atoms with Crippen LogP contribution in [0.15, 0.2) is 0 Å². The molecule has 0 aromatic rings. The van der Waals surface area contributed by atoms with Gasteiger partial charge in [-0.3, -0.25) is 0 Å². The van der Waals surface area contributed by atoms with Gasteiger partial charge in [0.25, 0.3) is 0 Å². The molecule has 0 heterocycles. The molecule has 0 aliphatic heterocycles. The van der Waals surface area contributed by atoms with Crippen LogP contribution in [-0.4, -0.2) is 79.0 Å². The van der Waals surface area contributed by atoms with Gasteiger partial charge in [-0.2, -0.15) is 68.8 Å². The largest absolute Gasteiger partial charge is 0.460 e. The maximum absolute atomic E-state index is 13.8. The van der Waals surface area contributed by atoms with E-state index in [0.717, 1.165) is 38.6 Å². The van der Waals surface area contributed by atoms with Crippen molar-refractivity contribution in [1.29, 1.82) is 0 Å². The molecule has 39 heavy (non-hydrogen) atoms. The van der Waals surface area contributed by atoms with Gasteiger partial charge in [-0.25, -0.2) is 0 Å². The first-order valence-corrected chi connectivity index (χ1v) is 14.0. The highest BCUT2D eigenvalue weighted by atomic mass is 32.2. The number of hydrogen-bond donors (Lipinski definition) is 0. The molecule has 0 radical (unpaired) electrons. The summed E-state index contributed by atoms with van der Waals surface area (Å²) in [4.78, 5) is 0. The lowest BCUT2D eigenvalue weighted by atomic mass is 9.93.